The Kier molecular flexibility index (Phi) is 3.63. The first-order valence-electron chi connectivity index (χ1n) is 6.92. The quantitative estimate of drug-likeness (QED) is 0.411. The van der Waals surface area contributed by atoms with Crippen molar-refractivity contribution in [3.05, 3.63) is 11.8 Å². The van der Waals surface area contributed by atoms with Crippen molar-refractivity contribution in [3.8, 4) is 23.7 Å². The van der Waals surface area contributed by atoms with Gasteiger partial charge in [0.15, 0.2) is 6.10 Å². The zero-order valence-electron chi connectivity index (χ0n) is 12.0. The molecule has 0 radical (unpaired) electrons. The van der Waals surface area contributed by atoms with Crippen molar-refractivity contribution in [2.24, 2.45) is 0 Å². The van der Waals surface area contributed by atoms with E-state index < -0.39 is 5.79 Å². The molecule has 0 N–H and O–H groups in total. The Morgan fingerprint density at radius 2 is 2.33 bits per heavy atom. The summed E-state index contributed by atoms with van der Waals surface area (Å²) in [6, 6.07) is 0. The summed E-state index contributed by atoms with van der Waals surface area (Å²) in [7, 11) is 0. The van der Waals surface area contributed by atoms with Crippen LogP contribution in [0.2, 0.25) is 0 Å². The van der Waals surface area contributed by atoms with Gasteiger partial charge in [-0.1, -0.05) is 11.8 Å². The van der Waals surface area contributed by atoms with E-state index in [2.05, 4.69) is 23.7 Å². The SMILES string of the molecule is CC#CC#CC=C1OC2(CCC(OC(C)=O)CO2)C2OC12. The van der Waals surface area contributed by atoms with Crippen molar-refractivity contribution in [3.63, 3.8) is 0 Å². The van der Waals surface area contributed by atoms with E-state index in [-0.39, 0.29) is 24.3 Å². The van der Waals surface area contributed by atoms with Crippen molar-refractivity contribution < 1.29 is 23.7 Å². The number of rotatable bonds is 1. The van der Waals surface area contributed by atoms with Gasteiger partial charge >= 0.3 is 5.97 Å². The molecule has 0 aliphatic carbocycles. The van der Waals surface area contributed by atoms with E-state index in [1.54, 1.807) is 13.0 Å². The molecule has 110 valence electrons. The average molecular weight is 288 g/mol. The maximum atomic E-state index is 11.0. The van der Waals surface area contributed by atoms with Crippen LogP contribution >= 0.6 is 0 Å². The highest BCUT2D eigenvalue weighted by Crippen LogP contribution is 2.52. The number of ether oxygens (including phenoxy) is 4. The summed E-state index contributed by atoms with van der Waals surface area (Å²) in [6.07, 6.45) is 2.66. The minimum Gasteiger partial charge on any atom is -0.460 e. The molecule has 21 heavy (non-hydrogen) atoms. The van der Waals surface area contributed by atoms with Gasteiger partial charge in [-0.3, -0.25) is 4.79 Å². The van der Waals surface area contributed by atoms with Gasteiger partial charge in [-0.25, -0.2) is 0 Å². The van der Waals surface area contributed by atoms with Crippen LogP contribution in [0, 0.1) is 23.7 Å². The summed E-state index contributed by atoms with van der Waals surface area (Å²) in [5.74, 6) is 10.5. The fourth-order valence-corrected chi connectivity index (χ4v) is 2.68. The van der Waals surface area contributed by atoms with Gasteiger partial charge in [0, 0.05) is 19.4 Å². The number of hydrogen-bond acceptors (Lipinski definition) is 5. The molecular formula is C16H16O5. The van der Waals surface area contributed by atoms with E-state index in [9.17, 15) is 4.79 Å². The Morgan fingerprint density at radius 3 is 3.00 bits per heavy atom. The molecule has 5 nitrogen and oxygen atoms in total. The van der Waals surface area contributed by atoms with Crippen molar-refractivity contribution in [2.75, 3.05) is 6.61 Å². The summed E-state index contributed by atoms with van der Waals surface area (Å²) in [6.45, 7) is 3.46. The van der Waals surface area contributed by atoms with Gasteiger partial charge in [0.1, 0.15) is 18.0 Å². The van der Waals surface area contributed by atoms with Crippen molar-refractivity contribution in [1.82, 2.24) is 0 Å². The average Bonchev–Trinajstić information content (AvgIpc) is 3.20. The lowest BCUT2D eigenvalue weighted by atomic mass is 10.0. The third-order valence-electron chi connectivity index (χ3n) is 3.63. The predicted molar refractivity (Wildman–Crippen MR) is 72.5 cm³/mol. The van der Waals surface area contributed by atoms with Gasteiger partial charge < -0.3 is 18.9 Å². The molecular weight excluding hydrogens is 272 g/mol. The Hall–Kier alpha value is -1.95. The lowest BCUT2D eigenvalue weighted by Gasteiger charge is -2.36. The van der Waals surface area contributed by atoms with Gasteiger partial charge in [-0.2, -0.15) is 0 Å². The third kappa shape index (κ3) is 2.76. The number of allylic oxidation sites excluding steroid dienone is 1. The number of esters is 1. The molecule has 4 atom stereocenters. The summed E-state index contributed by atoms with van der Waals surface area (Å²) in [4.78, 5) is 11.0. The zero-order chi connectivity index (χ0) is 14.9. The summed E-state index contributed by atoms with van der Waals surface area (Å²) in [5.41, 5.74) is 0. The Bertz CT molecular complexity index is 590. The number of fused-ring (bicyclic) bond motifs is 2. The van der Waals surface area contributed by atoms with Crippen LogP contribution in [0.1, 0.15) is 26.7 Å². The number of hydrogen-bond donors (Lipinski definition) is 0. The molecule has 3 fully saturated rings. The molecule has 0 bridgehead atoms. The standard InChI is InChI=1S/C16H16O5/c1-3-4-5-6-7-13-14-15(20-14)16(21-13)9-8-12(10-18-16)19-11(2)17/h7,12,14-15H,8-10H2,1-2H3. The molecule has 3 heterocycles. The first kappa shape index (κ1) is 14.0. The van der Waals surface area contributed by atoms with E-state index in [0.29, 0.717) is 25.2 Å². The molecule has 3 aliphatic heterocycles. The first-order chi connectivity index (χ1) is 10.1. The van der Waals surface area contributed by atoms with Crippen LogP contribution in [-0.2, 0) is 23.7 Å². The number of epoxide rings is 1. The van der Waals surface area contributed by atoms with Gasteiger partial charge in [0.2, 0.25) is 5.79 Å². The Balaban J connectivity index is 1.63. The minimum atomic E-state index is -0.745. The van der Waals surface area contributed by atoms with E-state index >= 15 is 0 Å². The van der Waals surface area contributed by atoms with E-state index in [4.69, 9.17) is 18.9 Å². The normalized spacial score (nSPS) is 37.6. The monoisotopic (exact) mass is 288 g/mol. The molecule has 0 aromatic carbocycles. The smallest absolute Gasteiger partial charge is 0.302 e. The highest BCUT2D eigenvalue weighted by atomic mass is 16.8. The van der Waals surface area contributed by atoms with E-state index in [1.807, 2.05) is 0 Å². The van der Waals surface area contributed by atoms with Gasteiger partial charge in [0.05, 0.1) is 6.61 Å². The molecule has 0 aromatic heterocycles. The van der Waals surface area contributed by atoms with Crippen LogP contribution in [-0.4, -0.2) is 36.7 Å². The van der Waals surface area contributed by atoms with Gasteiger partial charge in [-0.05, 0) is 25.2 Å². The zero-order valence-corrected chi connectivity index (χ0v) is 12.0. The molecule has 3 aliphatic rings. The minimum absolute atomic E-state index is 0.0702. The van der Waals surface area contributed by atoms with Crippen molar-refractivity contribution in [1.29, 1.82) is 0 Å². The summed E-state index contributed by atoms with van der Waals surface area (Å²) in [5, 5.41) is 0. The first-order valence-corrected chi connectivity index (χ1v) is 6.92. The van der Waals surface area contributed by atoms with Crippen molar-refractivity contribution in [2.45, 2.75) is 50.8 Å². The fraction of sp³-hybridized carbons (Fsp3) is 0.562. The Morgan fingerprint density at radius 1 is 1.48 bits per heavy atom. The lowest BCUT2D eigenvalue weighted by molar-refractivity contribution is -0.260. The molecule has 0 saturated carbocycles. The fourth-order valence-electron chi connectivity index (χ4n) is 2.68. The van der Waals surface area contributed by atoms with Crippen LogP contribution in [0.4, 0.5) is 0 Å². The summed E-state index contributed by atoms with van der Waals surface area (Å²) >= 11 is 0. The summed E-state index contributed by atoms with van der Waals surface area (Å²) < 4.78 is 22.5. The van der Waals surface area contributed by atoms with Gasteiger partial charge in [0.25, 0.3) is 0 Å². The maximum Gasteiger partial charge on any atom is 0.302 e. The van der Waals surface area contributed by atoms with Crippen LogP contribution in [0.25, 0.3) is 0 Å². The Labute approximate surface area is 123 Å². The second-order valence-corrected chi connectivity index (χ2v) is 5.16. The van der Waals surface area contributed by atoms with Crippen LogP contribution in [0.15, 0.2) is 11.8 Å². The highest BCUT2D eigenvalue weighted by Gasteiger charge is 2.67. The second kappa shape index (κ2) is 5.44. The molecule has 3 rings (SSSR count). The third-order valence-corrected chi connectivity index (χ3v) is 3.63. The molecule has 1 spiro atoms. The van der Waals surface area contributed by atoms with Crippen molar-refractivity contribution >= 4 is 5.97 Å². The molecule has 0 aromatic rings. The van der Waals surface area contributed by atoms with Gasteiger partial charge in [-0.15, -0.1) is 0 Å². The highest BCUT2D eigenvalue weighted by molar-refractivity contribution is 5.66. The molecule has 0 amide bonds. The van der Waals surface area contributed by atoms with E-state index in [0.717, 1.165) is 0 Å². The maximum absolute atomic E-state index is 11.0. The van der Waals surface area contributed by atoms with Crippen LogP contribution in [0.5, 0.6) is 0 Å². The molecule has 4 unspecified atom stereocenters. The molecule has 5 heteroatoms. The largest absolute Gasteiger partial charge is 0.460 e. The predicted octanol–water partition coefficient (Wildman–Crippen LogP) is 1.13. The molecule has 3 saturated heterocycles. The van der Waals surface area contributed by atoms with E-state index in [1.165, 1.54) is 6.92 Å². The van der Waals surface area contributed by atoms with Crippen LogP contribution < -0.4 is 0 Å². The van der Waals surface area contributed by atoms with Crippen LogP contribution in [0.3, 0.4) is 0 Å². The number of carbonyl (C=O) groups excluding carboxylic acids is 1. The topological polar surface area (TPSA) is 57.3 Å². The number of carbonyl (C=O) groups is 1. The lowest BCUT2D eigenvalue weighted by Crippen LogP contribution is -2.46. The second-order valence-electron chi connectivity index (χ2n) is 5.16.